The molecule has 0 aromatic heterocycles. The van der Waals surface area contributed by atoms with Crippen molar-refractivity contribution in [3.8, 4) is 5.75 Å². The Kier molecular flexibility index (Phi) is 4.24. The van der Waals surface area contributed by atoms with Gasteiger partial charge in [0, 0.05) is 18.0 Å². The highest BCUT2D eigenvalue weighted by Gasteiger charge is 2.17. The fourth-order valence-corrected chi connectivity index (χ4v) is 2.72. The third-order valence-corrected chi connectivity index (χ3v) is 3.80. The van der Waals surface area contributed by atoms with Gasteiger partial charge in [-0.05, 0) is 42.3 Å². The van der Waals surface area contributed by atoms with Crippen molar-refractivity contribution in [1.82, 2.24) is 5.32 Å². The number of benzene rings is 2. The normalized spacial score (nSPS) is 18.1. The van der Waals surface area contributed by atoms with Crippen molar-refractivity contribution >= 4 is 11.6 Å². The van der Waals surface area contributed by atoms with Gasteiger partial charge in [0.25, 0.3) is 0 Å². The first kappa shape index (κ1) is 13.5. The van der Waals surface area contributed by atoms with Gasteiger partial charge in [-0.2, -0.15) is 0 Å². The molecule has 20 heavy (non-hydrogen) atoms. The van der Waals surface area contributed by atoms with Crippen LogP contribution in [0.5, 0.6) is 5.75 Å². The van der Waals surface area contributed by atoms with E-state index in [4.69, 9.17) is 16.3 Å². The topological polar surface area (TPSA) is 21.3 Å². The fraction of sp³-hybridized carbons (Fsp3) is 0.294. The second kappa shape index (κ2) is 6.29. The van der Waals surface area contributed by atoms with Gasteiger partial charge in [0.1, 0.15) is 11.9 Å². The molecule has 0 bridgehead atoms. The van der Waals surface area contributed by atoms with Gasteiger partial charge < -0.3 is 10.1 Å². The lowest BCUT2D eigenvalue weighted by molar-refractivity contribution is 0.221. The van der Waals surface area contributed by atoms with E-state index in [2.05, 4.69) is 29.6 Å². The van der Waals surface area contributed by atoms with Gasteiger partial charge in [-0.15, -0.1) is 0 Å². The van der Waals surface area contributed by atoms with Crippen molar-refractivity contribution in [3.63, 3.8) is 0 Å². The molecule has 0 radical (unpaired) electrons. The van der Waals surface area contributed by atoms with Crippen molar-refractivity contribution in [2.45, 2.75) is 18.9 Å². The zero-order valence-corrected chi connectivity index (χ0v) is 12.1. The molecule has 0 amide bonds. The van der Waals surface area contributed by atoms with Crippen LogP contribution in [-0.4, -0.2) is 19.2 Å². The molecule has 3 heteroatoms. The van der Waals surface area contributed by atoms with Gasteiger partial charge in [0.2, 0.25) is 0 Å². The van der Waals surface area contributed by atoms with Crippen LogP contribution in [0.4, 0.5) is 0 Å². The molecule has 0 saturated carbocycles. The number of ether oxygens (including phenoxy) is 1. The molecule has 3 rings (SSSR count). The predicted molar refractivity (Wildman–Crippen MR) is 82.6 cm³/mol. The maximum absolute atomic E-state index is 6.13. The van der Waals surface area contributed by atoms with Crippen molar-refractivity contribution in [1.29, 1.82) is 0 Å². The summed E-state index contributed by atoms with van der Waals surface area (Å²) in [6.07, 6.45) is 2.18. The Labute approximate surface area is 124 Å². The van der Waals surface area contributed by atoms with Crippen LogP contribution in [0.1, 0.15) is 17.5 Å². The Morgan fingerprint density at radius 1 is 1.15 bits per heavy atom. The average Bonchev–Trinajstić information content (AvgIpc) is 2.96. The first-order valence-corrected chi connectivity index (χ1v) is 7.39. The van der Waals surface area contributed by atoms with E-state index in [0.29, 0.717) is 0 Å². The van der Waals surface area contributed by atoms with E-state index < -0.39 is 0 Å². The van der Waals surface area contributed by atoms with Gasteiger partial charge in [0.15, 0.2) is 0 Å². The number of hydrogen-bond acceptors (Lipinski definition) is 2. The standard InChI is InChI=1S/C17H18ClNO/c18-15-6-7-17(20-16-8-9-19-12-16)14(11-15)10-13-4-2-1-3-5-13/h1-7,11,16,19H,8-10,12H2/t16-/m1/s1. The van der Waals surface area contributed by atoms with Crippen LogP contribution in [-0.2, 0) is 6.42 Å². The summed E-state index contributed by atoms with van der Waals surface area (Å²) in [6, 6.07) is 16.3. The molecule has 1 fully saturated rings. The summed E-state index contributed by atoms with van der Waals surface area (Å²) < 4.78 is 6.11. The minimum atomic E-state index is 0.269. The number of rotatable bonds is 4. The number of nitrogens with one attached hydrogen (secondary N) is 1. The fourth-order valence-electron chi connectivity index (χ4n) is 2.53. The van der Waals surface area contributed by atoms with Crippen molar-refractivity contribution in [3.05, 3.63) is 64.7 Å². The second-order valence-corrected chi connectivity index (χ2v) is 5.58. The zero-order chi connectivity index (χ0) is 13.8. The summed E-state index contributed by atoms with van der Waals surface area (Å²) in [5.41, 5.74) is 2.42. The van der Waals surface area contributed by atoms with Crippen LogP contribution >= 0.6 is 11.6 Å². The molecule has 0 aliphatic carbocycles. The third kappa shape index (κ3) is 3.33. The van der Waals surface area contributed by atoms with E-state index >= 15 is 0 Å². The van der Waals surface area contributed by atoms with Gasteiger partial charge >= 0.3 is 0 Å². The van der Waals surface area contributed by atoms with Crippen LogP contribution in [0.2, 0.25) is 5.02 Å². The molecule has 0 spiro atoms. The summed E-state index contributed by atoms with van der Waals surface area (Å²) >= 11 is 6.13. The zero-order valence-electron chi connectivity index (χ0n) is 11.3. The minimum Gasteiger partial charge on any atom is -0.489 e. The lowest BCUT2D eigenvalue weighted by Crippen LogP contribution is -2.20. The average molecular weight is 288 g/mol. The van der Waals surface area contributed by atoms with Crippen molar-refractivity contribution < 1.29 is 4.74 Å². The molecular weight excluding hydrogens is 270 g/mol. The van der Waals surface area contributed by atoms with Crippen LogP contribution in [0, 0.1) is 0 Å². The van der Waals surface area contributed by atoms with E-state index in [-0.39, 0.29) is 6.10 Å². The van der Waals surface area contributed by atoms with Crippen molar-refractivity contribution in [2.75, 3.05) is 13.1 Å². The summed E-state index contributed by atoms with van der Waals surface area (Å²) in [4.78, 5) is 0. The number of hydrogen-bond donors (Lipinski definition) is 1. The van der Waals surface area contributed by atoms with Gasteiger partial charge in [-0.1, -0.05) is 41.9 Å². The van der Waals surface area contributed by atoms with Crippen molar-refractivity contribution in [2.24, 2.45) is 0 Å². The van der Waals surface area contributed by atoms with Gasteiger partial charge in [0.05, 0.1) is 0 Å². The Bertz CT molecular complexity index is 564. The Balaban J connectivity index is 1.82. The Morgan fingerprint density at radius 2 is 2.00 bits per heavy atom. The van der Waals surface area contributed by atoms with E-state index in [1.165, 1.54) is 5.56 Å². The van der Waals surface area contributed by atoms with E-state index in [9.17, 15) is 0 Å². The lowest BCUT2D eigenvalue weighted by Gasteiger charge is -2.16. The molecular formula is C17H18ClNO. The molecule has 0 unspecified atom stereocenters. The second-order valence-electron chi connectivity index (χ2n) is 5.15. The van der Waals surface area contributed by atoms with E-state index in [1.807, 2.05) is 24.3 Å². The summed E-state index contributed by atoms with van der Waals surface area (Å²) in [6.45, 7) is 1.96. The summed E-state index contributed by atoms with van der Waals surface area (Å²) in [7, 11) is 0. The third-order valence-electron chi connectivity index (χ3n) is 3.57. The SMILES string of the molecule is Clc1ccc(O[C@@H]2CCNC2)c(Cc2ccccc2)c1. The van der Waals surface area contributed by atoms with Crippen LogP contribution in [0.15, 0.2) is 48.5 Å². The summed E-state index contributed by atoms with van der Waals surface area (Å²) in [5, 5.41) is 4.08. The van der Waals surface area contributed by atoms with Crippen LogP contribution in [0.25, 0.3) is 0 Å². The van der Waals surface area contributed by atoms with Gasteiger partial charge in [-0.3, -0.25) is 0 Å². The first-order valence-electron chi connectivity index (χ1n) is 7.01. The number of halogens is 1. The Morgan fingerprint density at radius 3 is 2.75 bits per heavy atom. The monoisotopic (exact) mass is 287 g/mol. The minimum absolute atomic E-state index is 0.269. The molecule has 1 atom stereocenters. The molecule has 2 nitrogen and oxygen atoms in total. The predicted octanol–water partition coefficient (Wildman–Crippen LogP) is 3.67. The molecule has 1 saturated heterocycles. The molecule has 2 aromatic carbocycles. The highest BCUT2D eigenvalue weighted by molar-refractivity contribution is 6.30. The van der Waals surface area contributed by atoms with Crippen LogP contribution < -0.4 is 10.1 Å². The van der Waals surface area contributed by atoms with Gasteiger partial charge in [-0.25, -0.2) is 0 Å². The highest BCUT2D eigenvalue weighted by Crippen LogP contribution is 2.27. The largest absolute Gasteiger partial charge is 0.489 e. The molecule has 1 aliphatic heterocycles. The molecule has 1 aliphatic rings. The smallest absolute Gasteiger partial charge is 0.123 e. The molecule has 104 valence electrons. The maximum Gasteiger partial charge on any atom is 0.123 e. The van der Waals surface area contributed by atoms with E-state index in [0.717, 1.165) is 42.3 Å². The molecule has 2 aromatic rings. The molecule has 1 heterocycles. The summed E-state index contributed by atoms with van der Waals surface area (Å²) in [5.74, 6) is 0.951. The van der Waals surface area contributed by atoms with E-state index in [1.54, 1.807) is 0 Å². The van der Waals surface area contributed by atoms with Crippen LogP contribution in [0.3, 0.4) is 0 Å². The molecule has 1 N–H and O–H groups in total. The first-order chi connectivity index (χ1) is 9.81. The maximum atomic E-state index is 6.13. The lowest BCUT2D eigenvalue weighted by atomic mass is 10.0. The quantitative estimate of drug-likeness (QED) is 0.926. The Hall–Kier alpha value is -1.51. The highest BCUT2D eigenvalue weighted by atomic mass is 35.5.